The van der Waals surface area contributed by atoms with Gasteiger partial charge in [-0.15, -0.1) is 0 Å². The third-order valence-electron chi connectivity index (χ3n) is 12.5. The van der Waals surface area contributed by atoms with E-state index in [0.29, 0.717) is 11.6 Å². The second kappa shape index (κ2) is 15.0. The molecule has 0 bridgehead atoms. The van der Waals surface area contributed by atoms with E-state index in [1.54, 1.807) is 0 Å². The Balaban J connectivity index is 0.980. The zero-order chi connectivity index (χ0) is 41.7. The van der Waals surface area contributed by atoms with Gasteiger partial charge in [-0.2, -0.15) is 0 Å². The highest BCUT2D eigenvalue weighted by atomic mass is 28.3. The molecule has 0 N–H and O–H groups in total. The second-order valence-corrected chi connectivity index (χ2v) is 19.7. The Morgan fingerprint density at radius 3 is 0.937 bits per heavy atom. The van der Waals surface area contributed by atoms with Crippen molar-refractivity contribution in [2.75, 3.05) is 0 Å². The first kappa shape index (κ1) is 36.6. The lowest BCUT2D eigenvalue weighted by molar-refractivity contribution is 1.08. The average molecular weight is 823 g/mol. The zero-order valence-electron chi connectivity index (χ0n) is 34.1. The van der Waals surface area contributed by atoms with E-state index in [4.69, 9.17) is 19.9 Å². The van der Waals surface area contributed by atoms with Crippen LogP contribution in [-0.4, -0.2) is 37.1 Å². The Morgan fingerprint density at radius 2 is 0.587 bits per heavy atom. The highest BCUT2D eigenvalue weighted by molar-refractivity contribution is 7.20. The molecule has 4 heterocycles. The lowest BCUT2D eigenvalue weighted by Gasteiger charge is -2.35. The van der Waals surface area contributed by atoms with Crippen molar-refractivity contribution in [2.45, 2.75) is 0 Å². The van der Waals surface area contributed by atoms with Crippen molar-refractivity contribution in [3.05, 3.63) is 231 Å². The van der Waals surface area contributed by atoms with Crippen LogP contribution in [-0.2, 0) is 0 Å². The molecule has 6 nitrogen and oxygen atoms in total. The summed E-state index contributed by atoms with van der Waals surface area (Å²) in [4.78, 5) is 20.2. The number of nitrogens with zero attached hydrogens (tertiary/aromatic N) is 6. The highest BCUT2D eigenvalue weighted by Crippen LogP contribution is 2.33. The first-order valence-electron chi connectivity index (χ1n) is 21.2. The molecule has 4 aromatic heterocycles. The van der Waals surface area contributed by atoms with Crippen LogP contribution in [0.2, 0.25) is 0 Å². The predicted octanol–water partition coefficient (Wildman–Crippen LogP) is 10.2. The lowest BCUT2D eigenvalue weighted by Crippen LogP contribution is -2.74. The molecule has 7 heteroatoms. The van der Waals surface area contributed by atoms with Gasteiger partial charge in [-0.05, 0) is 45.0 Å². The molecule has 63 heavy (non-hydrogen) atoms. The smallest absolute Gasteiger partial charge is 0.179 e. The highest BCUT2D eigenvalue weighted by Gasteiger charge is 2.42. The van der Waals surface area contributed by atoms with Gasteiger partial charge < -0.3 is 9.13 Å². The molecular formula is C56H38N6Si. The molecule has 0 unspecified atom stereocenters. The molecule has 0 saturated heterocycles. The minimum absolute atomic E-state index is 0.677. The minimum Gasteiger partial charge on any atom is -0.306 e. The van der Waals surface area contributed by atoms with Crippen molar-refractivity contribution in [2.24, 2.45) is 0 Å². The third kappa shape index (κ3) is 5.93. The van der Waals surface area contributed by atoms with Crippen molar-refractivity contribution in [3.8, 4) is 34.2 Å². The number of fused-ring (bicyclic) bond motifs is 6. The van der Waals surface area contributed by atoms with E-state index in [1.807, 2.05) is 24.8 Å². The molecule has 0 aliphatic carbocycles. The number of hydrogen-bond acceptors (Lipinski definition) is 4. The summed E-state index contributed by atoms with van der Waals surface area (Å²) in [7, 11) is -2.98. The van der Waals surface area contributed by atoms with Gasteiger partial charge in [0.15, 0.2) is 19.7 Å². The van der Waals surface area contributed by atoms with Gasteiger partial charge in [-0.25, -0.2) is 19.9 Å². The van der Waals surface area contributed by atoms with E-state index >= 15 is 0 Å². The van der Waals surface area contributed by atoms with Crippen LogP contribution < -0.4 is 20.7 Å². The summed E-state index contributed by atoms with van der Waals surface area (Å²) in [5, 5.41) is 9.84. The Labute approximate surface area is 365 Å². The summed E-state index contributed by atoms with van der Waals surface area (Å²) in [5.74, 6) is 1.35. The lowest BCUT2D eigenvalue weighted by atomic mass is 10.2. The molecule has 12 aromatic rings. The quantitative estimate of drug-likeness (QED) is 0.113. The fraction of sp³-hybridized carbons (Fsp3) is 0. The largest absolute Gasteiger partial charge is 0.306 e. The molecule has 0 saturated carbocycles. The normalized spacial score (nSPS) is 11.8. The Kier molecular flexibility index (Phi) is 8.72. The van der Waals surface area contributed by atoms with Gasteiger partial charge in [0.25, 0.3) is 0 Å². The fourth-order valence-electron chi connectivity index (χ4n) is 9.73. The van der Waals surface area contributed by atoms with E-state index in [9.17, 15) is 0 Å². The van der Waals surface area contributed by atoms with Crippen LogP contribution in [0.3, 0.4) is 0 Å². The van der Waals surface area contributed by atoms with Crippen molar-refractivity contribution in [1.29, 1.82) is 0 Å². The summed E-state index contributed by atoms with van der Waals surface area (Å²) in [6.07, 6.45) is 7.79. The first-order chi connectivity index (χ1) is 31.3. The number of rotatable bonds is 8. The predicted molar refractivity (Wildman–Crippen MR) is 261 cm³/mol. The molecule has 0 aliphatic heterocycles. The maximum Gasteiger partial charge on any atom is 0.179 e. The van der Waals surface area contributed by atoms with E-state index in [2.05, 4.69) is 215 Å². The SMILES string of the molecule is c1ccc([Si](c2ccccc2)(c2cccc(-c3ncc(-n4c5ccccc5c5ccccc54)cn3)c2)c2cccc(-c3ncc(-n4c5ccccc5c5ccccc54)cn3)c2)cc1. The number of para-hydroxylation sites is 4. The van der Waals surface area contributed by atoms with Gasteiger partial charge in [0, 0.05) is 32.7 Å². The van der Waals surface area contributed by atoms with Crippen LogP contribution in [0.15, 0.2) is 231 Å². The number of benzene rings is 8. The summed E-state index contributed by atoms with van der Waals surface area (Å²) in [6, 6.07) is 73.7. The topological polar surface area (TPSA) is 61.4 Å². The van der Waals surface area contributed by atoms with Crippen molar-refractivity contribution >= 4 is 72.4 Å². The summed E-state index contributed by atoms with van der Waals surface area (Å²) >= 11 is 0. The van der Waals surface area contributed by atoms with Crippen LogP contribution >= 0.6 is 0 Å². The van der Waals surface area contributed by atoms with E-state index < -0.39 is 8.07 Å². The van der Waals surface area contributed by atoms with Crippen LogP contribution in [0, 0.1) is 0 Å². The Hall–Kier alpha value is -8.26. The molecule has 0 radical (unpaired) electrons. The molecule has 0 amide bonds. The van der Waals surface area contributed by atoms with Crippen LogP contribution in [0.4, 0.5) is 0 Å². The van der Waals surface area contributed by atoms with E-state index in [1.165, 1.54) is 42.3 Å². The third-order valence-corrected chi connectivity index (χ3v) is 17.2. The number of aromatic nitrogens is 6. The molecule has 296 valence electrons. The fourth-order valence-corrected chi connectivity index (χ4v) is 14.6. The minimum atomic E-state index is -2.98. The maximum atomic E-state index is 5.04. The molecule has 8 aromatic carbocycles. The summed E-state index contributed by atoms with van der Waals surface area (Å²) < 4.78 is 4.50. The molecule has 0 fully saturated rings. The standard InChI is InChI=1S/C56H38N6Si/c1-3-19-43(20-4-1)63(44-21-5-2-6-22-44,45-23-15-17-39(33-45)55-57-35-41(36-58-55)61-51-29-11-7-25-47(51)48-26-8-12-30-52(48)61)46-24-16-18-40(34-46)56-59-37-42(38-60-56)62-53-31-13-9-27-49(53)50-28-10-14-32-54(50)62/h1-38H. The van der Waals surface area contributed by atoms with Crippen LogP contribution in [0.1, 0.15) is 0 Å². The van der Waals surface area contributed by atoms with Gasteiger partial charge in [-0.1, -0.05) is 182 Å². The molecule has 0 spiro atoms. The first-order valence-corrected chi connectivity index (χ1v) is 23.2. The molecule has 0 aliphatic rings. The van der Waals surface area contributed by atoms with Gasteiger partial charge >= 0.3 is 0 Å². The van der Waals surface area contributed by atoms with Crippen molar-refractivity contribution < 1.29 is 0 Å². The van der Waals surface area contributed by atoms with Crippen LogP contribution in [0.5, 0.6) is 0 Å². The maximum absolute atomic E-state index is 5.04. The summed E-state index contributed by atoms with van der Waals surface area (Å²) in [5.41, 5.74) is 8.29. The Morgan fingerprint density at radius 1 is 0.286 bits per heavy atom. The second-order valence-electron chi connectivity index (χ2n) is 15.9. The van der Waals surface area contributed by atoms with Gasteiger partial charge in [0.05, 0.1) is 58.2 Å². The average Bonchev–Trinajstić information content (AvgIpc) is 3.88. The molecule has 12 rings (SSSR count). The van der Waals surface area contributed by atoms with Crippen LogP contribution in [0.25, 0.3) is 77.8 Å². The Bertz CT molecular complexity index is 3270. The summed E-state index contributed by atoms with van der Waals surface area (Å²) in [6.45, 7) is 0. The zero-order valence-corrected chi connectivity index (χ0v) is 35.1. The van der Waals surface area contributed by atoms with Gasteiger partial charge in [-0.3, -0.25) is 0 Å². The van der Waals surface area contributed by atoms with Gasteiger partial charge in [0.2, 0.25) is 0 Å². The number of hydrogen-bond donors (Lipinski definition) is 0. The molecular weight excluding hydrogens is 785 g/mol. The van der Waals surface area contributed by atoms with E-state index in [0.717, 1.165) is 44.6 Å². The van der Waals surface area contributed by atoms with Crippen molar-refractivity contribution in [1.82, 2.24) is 29.1 Å². The monoisotopic (exact) mass is 822 g/mol. The van der Waals surface area contributed by atoms with Crippen molar-refractivity contribution in [3.63, 3.8) is 0 Å². The molecule has 0 atom stereocenters. The van der Waals surface area contributed by atoms with E-state index in [-0.39, 0.29) is 0 Å². The van der Waals surface area contributed by atoms with Gasteiger partial charge in [0.1, 0.15) is 0 Å².